The first-order valence-corrected chi connectivity index (χ1v) is 7.62. The molecule has 0 saturated carbocycles. The average Bonchev–Trinajstić information content (AvgIpc) is 2.46. The van der Waals surface area contributed by atoms with Gasteiger partial charge in [-0.05, 0) is 12.5 Å². The number of nitrogens with zero attached hydrogens (tertiary/aromatic N) is 1. The lowest BCUT2D eigenvalue weighted by atomic mass is 9.97. The summed E-state index contributed by atoms with van der Waals surface area (Å²) in [5.41, 5.74) is 0.643. The summed E-state index contributed by atoms with van der Waals surface area (Å²) >= 11 is 0. The second-order valence-corrected chi connectivity index (χ2v) is 5.46. The zero-order valence-corrected chi connectivity index (χ0v) is 13.4. The van der Waals surface area contributed by atoms with Gasteiger partial charge in [-0.3, -0.25) is 4.90 Å². The van der Waals surface area contributed by atoms with E-state index >= 15 is 0 Å². The van der Waals surface area contributed by atoms with E-state index in [1.165, 1.54) is 6.07 Å². The van der Waals surface area contributed by atoms with Crippen LogP contribution in [-0.2, 0) is 0 Å². The Bertz CT molecular complexity index is 423. The monoisotopic (exact) mass is 318 g/mol. The van der Waals surface area contributed by atoms with Crippen LogP contribution in [0.2, 0.25) is 0 Å². The Morgan fingerprint density at radius 2 is 1.90 bits per heavy atom. The van der Waals surface area contributed by atoms with Crippen LogP contribution in [0.15, 0.2) is 18.2 Å². The quantitative estimate of drug-likeness (QED) is 0.800. The molecule has 1 fully saturated rings. The molecule has 2 rings (SSSR count). The molecule has 0 bridgehead atoms. The zero-order valence-electron chi connectivity index (χ0n) is 12.6. The van der Waals surface area contributed by atoms with Crippen molar-refractivity contribution in [1.29, 1.82) is 0 Å². The van der Waals surface area contributed by atoms with Crippen LogP contribution in [0.1, 0.15) is 44.2 Å². The number of nitrogens with one attached hydrogen (secondary N) is 1. The van der Waals surface area contributed by atoms with Crippen LogP contribution >= 0.6 is 12.4 Å². The summed E-state index contributed by atoms with van der Waals surface area (Å²) in [7, 11) is 0. The second-order valence-electron chi connectivity index (χ2n) is 5.46. The Kier molecular flexibility index (Phi) is 8.15. The van der Waals surface area contributed by atoms with Crippen LogP contribution in [0, 0.1) is 11.6 Å². The van der Waals surface area contributed by atoms with Crippen molar-refractivity contribution in [3.8, 4) is 0 Å². The van der Waals surface area contributed by atoms with Crippen molar-refractivity contribution in [1.82, 2.24) is 10.2 Å². The first-order valence-electron chi connectivity index (χ1n) is 7.62. The van der Waals surface area contributed by atoms with Crippen LogP contribution in [0.3, 0.4) is 0 Å². The maximum absolute atomic E-state index is 14.1. The fraction of sp³-hybridized carbons (Fsp3) is 0.625. The molecule has 0 aromatic heterocycles. The summed E-state index contributed by atoms with van der Waals surface area (Å²) in [5, 5.41) is 3.32. The third-order valence-electron chi connectivity index (χ3n) is 3.99. The summed E-state index contributed by atoms with van der Waals surface area (Å²) in [5.74, 6) is -0.913. The van der Waals surface area contributed by atoms with Crippen molar-refractivity contribution in [2.75, 3.05) is 26.2 Å². The average molecular weight is 319 g/mol. The number of hydrogen-bond acceptors (Lipinski definition) is 2. The minimum Gasteiger partial charge on any atom is -0.314 e. The van der Waals surface area contributed by atoms with Gasteiger partial charge in [0.05, 0.1) is 0 Å². The molecule has 1 aromatic carbocycles. The topological polar surface area (TPSA) is 15.3 Å². The van der Waals surface area contributed by atoms with E-state index in [-0.39, 0.29) is 18.4 Å². The molecule has 120 valence electrons. The zero-order chi connectivity index (χ0) is 14.4. The van der Waals surface area contributed by atoms with Crippen LogP contribution in [0.5, 0.6) is 0 Å². The highest BCUT2D eigenvalue weighted by Crippen LogP contribution is 2.29. The molecular weight excluding hydrogens is 294 g/mol. The highest BCUT2D eigenvalue weighted by Gasteiger charge is 2.24. The summed E-state index contributed by atoms with van der Waals surface area (Å²) in [6.45, 7) is 5.89. The van der Waals surface area contributed by atoms with Crippen molar-refractivity contribution in [3.63, 3.8) is 0 Å². The Hall–Kier alpha value is -0.710. The van der Waals surface area contributed by atoms with Crippen LogP contribution < -0.4 is 5.32 Å². The minimum absolute atomic E-state index is 0. The maximum atomic E-state index is 14.1. The normalized spacial score (nSPS) is 17.3. The molecule has 1 aliphatic heterocycles. The Morgan fingerprint density at radius 1 is 1.19 bits per heavy atom. The van der Waals surface area contributed by atoms with E-state index in [1.54, 1.807) is 6.07 Å². The Morgan fingerprint density at radius 3 is 2.52 bits per heavy atom. The summed E-state index contributed by atoms with van der Waals surface area (Å²) in [4.78, 5) is 2.32. The molecule has 0 radical (unpaired) electrons. The predicted octanol–water partition coefficient (Wildman–Crippen LogP) is 3.91. The van der Waals surface area contributed by atoms with Crippen molar-refractivity contribution >= 4 is 12.4 Å². The molecule has 21 heavy (non-hydrogen) atoms. The van der Waals surface area contributed by atoms with Gasteiger partial charge in [-0.15, -0.1) is 12.4 Å². The first kappa shape index (κ1) is 18.3. The lowest BCUT2D eigenvalue weighted by Gasteiger charge is -2.35. The van der Waals surface area contributed by atoms with Crippen molar-refractivity contribution < 1.29 is 8.78 Å². The second kappa shape index (κ2) is 9.34. The van der Waals surface area contributed by atoms with E-state index in [9.17, 15) is 8.78 Å². The van der Waals surface area contributed by atoms with Crippen molar-refractivity contribution in [2.45, 2.75) is 38.6 Å². The van der Waals surface area contributed by atoms with Crippen molar-refractivity contribution in [3.05, 3.63) is 35.4 Å². The molecule has 1 aromatic rings. The van der Waals surface area contributed by atoms with E-state index < -0.39 is 11.6 Å². The molecule has 1 saturated heterocycles. The first-order chi connectivity index (χ1) is 9.72. The highest BCUT2D eigenvalue weighted by atomic mass is 35.5. The molecule has 1 aliphatic rings. The number of unbranched alkanes of at least 4 members (excludes halogenated alkanes) is 2. The van der Waals surface area contributed by atoms with Crippen LogP contribution in [0.25, 0.3) is 0 Å². The van der Waals surface area contributed by atoms with Gasteiger partial charge in [-0.25, -0.2) is 8.78 Å². The third-order valence-corrected chi connectivity index (χ3v) is 3.99. The number of piperazine rings is 1. The van der Waals surface area contributed by atoms with Gasteiger partial charge in [-0.2, -0.15) is 0 Å². The molecule has 0 unspecified atom stereocenters. The van der Waals surface area contributed by atoms with Gasteiger partial charge in [0.15, 0.2) is 0 Å². The highest BCUT2D eigenvalue weighted by molar-refractivity contribution is 5.85. The number of halogens is 3. The van der Waals surface area contributed by atoms with E-state index in [4.69, 9.17) is 0 Å². The van der Waals surface area contributed by atoms with Crippen LogP contribution in [-0.4, -0.2) is 31.1 Å². The molecule has 1 atom stereocenters. The van der Waals surface area contributed by atoms with Crippen molar-refractivity contribution in [2.24, 2.45) is 0 Å². The minimum atomic E-state index is -0.501. The molecule has 5 heteroatoms. The number of benzene rings is 1. The molecule has 0 aliphatic carbocycles. The number of rotatable bonds is 6. The standard InChI is InChI=1S/C16H24F2N2.ClH/c1-2-3-4-5-16(20-10-8-19-9-11-20)14-7-6-13(17)12-15(14)18;/h6-7,12,16,19H,2-5,8-11H2,1H3;1H/t16-;/m1./s1. The molecule has 1 N–H and O–H groups in total. The summed E-state index contributed by atoms with van der Waals surface area (Å²) in [6, 6.07) is 4.06. The molecule has 1 heterocycles. The van der Waals surface area contributed by atoms with Gasteiger partial charge in [0, 0.05) is 43.9 Å². The lowest BCUT2D eigenvalue weighted by molar-refractivity contribution is 0.159. The third kappa shape index (κ3) is 5.20. The lowest BCUT2D eigenvalue weighted by Crippen LogP contribution is -2.45. The van der Waals surface area contributed by atoms with E-state index in [0.29, 0.717) is 5.56 Å². The molecule has 0 spiro atoms. The smallest absolute Gasteiger partial charge is 0.130 e. The fourth-order valence-electron chi connectivity index (χ4n) is 2.89. The van der Waals surface area contributed by atoms with Gasteiger partial charge in [0.2, 0.25) is 0 Å². The van der Waals surface area contributed by atoms with E-state index in [2.05, 4.69) is 17.1 Å². The number of hydrogen-bond donors (Lipinski definition) is 1. The van der Waals surface area contributed by atoms with Gasteiger partial charge in [0.1, 0.15) is 11.6 Å². The predicted molar refractivity (Wildman–Crippen MR) is 84.9 cm³/mol. The molecule has 0 amide bonds. The van der Waals surface area contributed by atoms with E-state index in [0.717, 1.165) is 57.9 Å². The Labute approximate surface area is 132 Å². The van der Waals surface area contributed by atoms with Gasteiger partial charge < -0.3 is 5.32 Å². The molecular formula is C16H25ClF2N2. The summed E-state index contributed by atoms with van der Waals surface area (Å²) < 4.78 is 27.2. The van der Waals surface area contributed by atoms with Gasteiger partial charge >= 0.3 is 0 Å². The fourth-order valence-corrected chi connectivity index (χ4v) is 2.89. The van der Waals surface area contributed by atoms with E-state index in [1.807, 2.05) is 0 Å². The maximum Gasteiger partial charge on any atom is 0.130 e. The molecule has 2 nitrogen and oxygen atoms in total. The SMILES string of the molecule is CCCCC[C@H](c1ccc(F)cc1F)N1CCNCC1.Cl. The summed E-state index contributed by atoms with van der Waals surface area (Å²) in [6.07, 6.45) is 4.34. The van der Waals surface area contributed by atoms with Gasteiger partial charge in [-0.1, -0.05) is 32.3 Å². The largest absolute Gasteiger partial charge is 0.314 e. The Balaban J connectivity index is 0.00000220. The van der Waals surface area contributed by atoms with Gasteiger partial charge in [0.25, 0.3) is 0 Å². The van der Waals surface area contributed by atoms with Crippen LogP contribution in [0.4, 0.5) is 8.78 Å².